The quantitative estimate of drug-likeness (QED) is 0.509. The van der Waals surface area contributed by atoms with Crippen molar-refractivity contribution >= 4 is 10.2 Å². The molecule has 110 valence electrons. The summed E-state index contributed by atoms with van der Waals surface area (Å²) in [4.78, 5) is 0. The highest BCUT2D eigenvalue weighted by molar-refractivity contribution is 7.87. The topological polar surface area (TPSA) is 58.2 Å². The van der Waals surface area contributed by atoms with Crippen molar-refractivity contribution in [1.82, 2.24) is 9.44 Å². The van der Waals surface area contributed by atoms with Gasteiger partial charge in [-0.05, 0) is 6.42 Å². The first kappa shape index (κ1) is 17.9. The van der Waals surface area contributed by atoms with Crippen LogP contribution in [0.2, 0.25) is 0 Å². The normalized spacial score (nSPS) is 11.9. The molecule has 0 aromatic heterocycles. The van der Waals surface area contributed by atoms with Gasteiger partial charge in [-0.25, -0.2) is 9.44 Å². The summed E-state index contributed by atoms with van der Waals surface area (Å²) >= 11 is 0. The van der Waals surface area contributed by atoms with Crippen LogP contribution in [0, 0.1) is 0 Å². The zero-order chi connectivity index (χ0) is 13.7. The van der Waals surface area contributed by atoms with Crippen LogP contribution in [-0.4, -0.2) is 22.0 Å². The highest BCUT2D eigenvalue weighted by Crippen LogP contribution is 2.10. The van der Waals surface area contributed by atoms with Gasteiger partial charge in [0.1, 0.15) is 0 Å². The molecule has 0 heterocycles. The number of hydrogen-bond acceptors (Lipinski definition) is 2. The molecule has 0 rings (SSSR count). The van der Waals surface area contributed by atoms with Crippen LogP contribution in [0.25, 0.3) is 0 Å². The third kappa shape index (κ3) is 12.3. The Bertz CT molecular complexity index is 266. The molecule has 4 nitrogen and oxygen atoms in total. The molecule has 0 unspecified atom stereocenters. The molecule has 2 N–H and O–H groups in total. The standard InChI is InChI=1S/C13H30N2O2S/c1-3-4-5-6-7-8-9-10-11-12-13-15-18(16,17)14-2/h14-15H,3-13H2,1-2H3. The minimum absolute atomic E-state index is 0.541. The summed E-state index contributed by atoms with van der Waals surface area (Å²) in [6.45, 7) is 2.78. The van der Waals surface area contributed by atoms with Crippen LogP contribution in [0.4, 0.5) is 0 Å². The summed E-state index contributed by atoms with van der Waals surface area (Å²) in [6, 6.07) is 0. The second-order valence-electron chi connectivity index (χ2n) is 4.78. The Morgan fingerprint density at radius 3 is 1.67 bits per heavy atom. The van der Waals surface area contributed by atoms with E-state index in [1.165, 1.54) is 58.4 Å². The van der Waals surface area contributed by atoms with E-state index < -0.39 is 10.2 Å². The lowest BCUT2D eigenvalue weighted by molar-refractivity contribution is 0.546. The van der Waals surface area contributed by atoms with Gasteiger partial charge in [-0.1, -0.05) is 64.7 Å². The predicted molar refractivity (Wildman–Crippen MR) is 77.8 cm³/mol. The van der Waals surface area contributed by atoms with Gasteiger partial charge in [0.2, 0.25) is 0 Å². The van der Waals surface area contributed by atoms with Crippen molar-refractivity contribution in [2.45, 2.75) is 71.1 Å². The number of rotatable bonds is 13. The van der Waals surface area contributed by atoms with Gasteiger partial charge < -0.3 is 0 Å². The monoisotopic (exact) mass is 278 g/mol. The molecule has 0 aromatic carbocycles. The number of hydrogen-bond donors (Lipinski definition) is 2. The van der Waals surface area contributed by atoms with Crippen molar-refractivity contribution in [1.29, 1.82) is 0 Å². The second kappa shape index (κ2) is 11.9. The second-order valence-corrected chi connectivity index (χ2v) is 6.49. The Morgan fingerprint density at radius 1 is 0.778 bits per heavy atom. The SMILES string of the molecule is CCCCCCCCCCCCNS(=O)(=O)NC. The van der Waals surface area contributed by atoms with Crippen LogP contribution in [0.1, 0.15) is 71.1 Å². The molecule has 0 saturated heterocycles. The summed E-state index contributed by atoms with van der Waals surface area (Å²) in [5.41, 5.74) is 0. The third-order valence-electron chi connectivity index (χ3n) is 3.09. The van der Waals surface area contributed by atoms with Gasteiger partial charge in [0.05, 0.1) is 0 Å². The van der Waals surface area contributed by atoms with Crippen LogP contribution >= 0.6 is 0 Å². The summed E-state index contributed by atoms with van der Waals surface area (Å²) in [6.07, 6.45) is 12.6. The van der Waals surface area contributed by atoms with E-state index in [0.29, 0.717) is 6.54 Å². The Hall–Kier alpha value is -0.130. The van der Waals surface area contributed by atoms with E-state index in [2.05, 4.69) is 16.4 Å². The Labute approximate surface area is 113 Å². The molecule has 0 aromatic rings. The maximum atomic E-state index is 11.0. The van der Waals surface area contributed by atoms with Crippen molar-refractivity contribution in [3.8, 4) is 0 Å². The fourth-order valence-corrected chi connectivity index (χ4v) is 2.45. The van der Waals surface area contributed by atoms with E-state index in [9.17, 15) is 8.42 Å². The van der Waals surface area contributed by atoms with E-state index in [0.717, 1.165) is 12.8 Å². The first-order valence-corrected chi connectivity index (χ1v) is 8.79. The van der Waals surface area contributed by atoms with Crippen molar-refractivity contribution in [2.75, 3.05) is 13.6 Å². The molecule has 0 spiro atoms. The molecule has 0 aliphatic heterocycles. The van der Waals surface area contributed by atoms with Gasteiger partial charge >= 0.3 is 0 Å². The van der Waals surface area contributed by atoms with E-state index in [-0.39, 0.29) is 0 Å². The van der Waals surface area contributed by atoms with Gasteiger partial charge in [0.25, 0.3) is 10.2 Å². The van der Waals surface area contributed by atoms with Crippen LogP contribution in [0.3, 0.4) is 0 Å². The highest BCUT2D eigenvalue weighted by atomic mass is 32.2. The van der Waals surface area contributed by atoms with Crippen LogP contribution in [0.5, 0.6) is 0 Å². The maximum absolute atomic E-state index is 11.0. The first-order chi connectivity index (χ1) is 8.62. The van der Waals surface area contributed by atoms with Crippen molar-refractivity contribution in [2.24, 2.45) is 0 Å². The average molecular weight is 278 g/mol. The summed E-state index contributed by atoms with van der Waals surface area (Å²) in [7, 11) is -1.81. The van der Waals surface area contributed by atoms with E-state index in [4.69, 9.17) is 0 Å². The van der Waals surface area contributed by atoms with Crippen molar-refractivity contribution in [3.63, 3.8) is 0 Å². The van der Waals surface area contributed by atoms with Gasteiger partial charge in [0, 0.05) is 13.6 Å². The zero-order valence-corrected chi connectivity index (χ0v) is 12.8. The molecule has 0 saturated carbocycles. The minimum atomic E-state index is -3.23. The summed E-state index contributed by atoms with van der Waals surface area (Å²) < 4.78 is 26.8. The van der Waals surface area contributed by atoms with Gasteiger partial charge in [-0.15, -0.1) is 0 Å². The van der Waals surface area contributed by atoms with Gasteiger partial charge in [0.15, 0.2) is 0 Å². The average Bonchev–Trinajstić information content (AvgIpc) is 2.36. The highest BCUT2D eigenvalue weighted by Gasteiger charge is 2.03. The zero-order valence-electron chi connectivity index (χ0n) is 12.0. The molecule has 0 amide bonds. The number of unbranched alkanes of at least 4 members (excludes halogenated alkanes) is 9. The first-order valence-electron chi connectivity index (χ1n) is 7.30. The fourth-order valence-electron chi connectivity index (χ4n) is 1.89. The molecule has 5 heteroatoms. The molecule has 18 heavy (non-hydrogen) atoms. The summed E-state index contributed by atoms with van der Waals surface area (Å²) in [5.74, 6) is 0. The van der Waals surface area contributed by atoms with Crippen LogP contribution in [-0.2, 0) is 10.2 Å². The van der Waals surface area contributed by atoms with Crippen LogP contribution < -0.4 is 9.44 Å². The lowest BCUT2D eigenvalue weighted by atomic mass is 10.1. The Morgan fingerprint density at radius 2 is 1.22 bits per heavy atom. The largest absolute Gasteiger partial charge is 0.276 e. The molecule has 0 fully saturated rings. The predicted octanol–water partition coefficient (Wildman–Crippen LogP) is 2.96. The molecule has 0 atom stereocenters. The lowest BCUT2D eigenvalue weighted by Gasteiger charge is -2.05. The van der Waals surface area contributed by atoms with Gasteiger partial charge in [-0.2, -0.15) is 8.42 Å². The molecular weight excluding hydrogens is 248 g/mol. The van der Waals surface area contributed by atoms with Crippen molar-refractivity contribution < 1.29 is 8.42 Å². The van der Waals surface area contributed by atoms with E-state index >= 15 is 0 Å². The van der Waals surface area contributed by atoms with Gasteiger partial charge in [-0.3, -0.25) is 0 Å². The Kier molecular flexibility index (Phi) is 11.8. The smallest absolute Gasteiger partial charge is 0.205 e. The number of nitrogens with one attached hydrogen (secondary N) is 2. The molecule has 0 bridgehead atoms. The van der Waals surface area contributed by atoms with E-state index in [1.54, 1.807) is 0 Å². The Balaban J connectivity index is 3.12. The van der Waals surface area contributed by atoms with Crippen LogP contribution in [0.15, 0.2) is 0 Å². The maximum Gasteiger partial charge on any atom is 0.276 e. The molecule has 0 radical (unpaired) electrons. The molecule has 0 aliphatic rings. The van der Waals surface area contributed by atoms with E-state index in [1.807, 2.05) is 0 Å². The fraction of sp³-hybridized carbons (Fsp3) is 1.00. The minimum Gasteiger partial charge on any atom is -0.205 e. The van der Waals surface area contributed by atoms with Crippen molar-refractivity contribution in [3.05, 3.63) is 0 Å². The molecule has 0 aliphatic carbocycles. The lowest BCUT2D eigenvalue weighted by Crippen LogP contribution is -2.34. The third-order valence-corrected chi connectivity index (χ3v) is 4.21. The molecular formula is C13H30N2O2S. The summed E-state index contributed by atoms with van der Waals surface area (Å²) in [5, 5.41) is 0.